The van der Waals surface area contributed by atoms with Crippen molar-refractivity contribution in [3.8, 4) is 0 Å². The quantitative estimate of drug-likeness (QED) is 0.844. The Morgan fingerprint density at radius 2 is 1.95 bits per heavy atom. The summed E-state index contributed by atoms with van der Waals surface area (Å²) in [4.78, 5) is 0. The molecule has 0 heterocycles. The first-order chi connectivity index (χ1) is 9.28. The van der Waals surface area contributed by atoms with Crippen molar-refractivity contribution in [1.82, 2.24) is 4.72 Å². The third-order valence-electron chi connectivity index (χ3n) is 3.61. The Kier molecular flexibility index (Phi) is 4.32. The minimum absolute atomic E-state index is 0.0538. The molecule has 0 saturated heterocycles. The van der Waals surface area contributed by atoms with Crippen LogP contribution in [0.2, 0.25) is 0 Å². The van der Waals surface area contributed by atoms with E-state index in [0.717, 1.165) is 29.4 Å². The normalized spacial score (nSPS) is 19.1. The van der Waals surface area contributed by atoms with Gasteiger partial charge >= 0.3 is 0 Å². The molecule has 0 amide bonds. The van der Waals surface area contributed by atoms with Crippen molar-refractivity contribution >= 4 is 16.1 Å². The zero-order chi connectivity index (χ0) is 14.8. The molecule has 0 radical (unpaired) electrons. The molecule has 1 aromatic carbocycles. The maximum absolute atomic E-state index is 11.9. The highest BCUT2D eigenvalue weighted by atomic mass is 32.2. The molecular formula is C15H21NO3S. The summed E-state index contributed by atoms with van der Waals surface area (Å²) in [6.07, 6.45) is 3.48. The Hall–Kier alpha value is -1.17. The Morgan fingerprint density at radius 3 is 2.50 bits per heavy atom. The van der Waals surface area contributed by atoms with Gasteiger partial charge in [-0.3, -0.25) is 0 Å². The van der Waals surface area contributed by atoms with E-state index in [1.807, 2.05) is 31.2 Å². The zero-order valence-electron chi connectivity index (χ0n) is 11.8. The van der Waals surface area contributed by atoms with Crippen LogP contribution in [0.1, 0.15) is 30.9 Å². The number of hydrogen-bond acceptors (Lipinski definition) is 3. The molecule has 0 aromatic heterocycles. The predicted octanol–water partition coefficient (Wildman–Crippen LogP) is 2.05. The van der Waals surface area contributed by atoms with Crippen LogP contribution in [0, 0.1) is 12.8 Å². The lowest BCUT2D eigenvalue weighted by molar-refractivity contribution is 0.0423. The minimum Gasteiger partial charge on any atom is -0.389 e. The number of aliphatic hydroxyl groups is 1. The van der Waals surface area contributed by atoms with E-state index in [1.165, 1.54) is 0 Å². The first kappa shape index (κ1) is 15.2. The van der Waals surface area contributed by atoms with Crippen LogP contribution in [-0.2, 0) is 10.0 Å². The van der Waals surface area contributed by atoms with E-state index in [9.17, 15) is 13.5 Å². The zero-order valence-corrected chi connectivity index (χ0v) is 12.7. The van der Waals surface area contributed by atoms with Gasteiger partial charge in [-0.15, -0.1) is 0 Å². The summed E-state index contributed by atoms with van der Waals surface area (Å²) >= 11 is 0. The van der Waals surface area contributed by atoms with Crippen LogP contribution in [0.5, 0.6) is 0 Å². The van der Waals surface area contributed by atoms with E-state index >= 15 is 0 Å². The van der Waals surface area contributed by atoms with Crippen molar-refractivity contribution in [3.05, 3.63) is 40.8 Å². The van der Waals surface area contributed by atoms with Gasteiger partial charge in [-0.05, 0) is 44.2 Å². The van der Waals surface area contributed by atoms with Crippen molar-refractivity contribution in [1.29, 1.82) is 0 Å². The number of sulfonamides is 1. The molecule has 0 bridgehead atoms. The molecule has 1 fully saturated rings. The van der Waals surface area contributed by atoms with Crippen LogP contribution in [0.25, 0.3) is 6.08 Å². The second kappa shape index (κ2) is 5.68. The highest BCUT2D eigenvalue weighted by Gasteiger charge is 2.40. The molecule has 2 N–H and O–H groups in total. The SMILES string of the molecule is Cc1ccc(/C=C/S(=O)(=O)NC[C@](C)(O)C2CC2)cc1. The molecule has 0 spiro atoms. The van der Waals surface area contributed by atoms with E-state index in [4.69, 9.17) is 0 Å². The van der Waals surface area contributed by atoms with Crippen LogP contribution in [0.15, 0.2) is 29.7 Å². The van der Waals surface area contributed by atoms with Gasteiger partial charge in [-0.25, -0.2) is 13.1 Å². The van der Waals surface area contributed by atoms with Gasteiger partial charge in [0, 0.05) is 12.0 Å². The smallest absolute Gasteiger partial charge is 0.233 e. The van der Waals surface area contributed by atoms with Crippen molar-refractivity contribution in [2.24, 2.45) is 5.92 Å². The van der Waals surface area contributed by atoms with Crippen LogP contribution < -0.4 is 4.72 Å². The number of aryl methyl sites for hydroxylation is 1. The summed E-state index contributed by atoms with van der Waals surface area (Å²) in [5.41, 5.74) is 1.00. The second-order valence-electron chi connectivity index (χ2n) is 5.71. The summed E-state index contributed by atoms with van der Waals surface area (Å²) in [6, 6.07) is 7.58. The van der Waals surface area contributed by atoms with Crippen LogP contribution in [0.4, 0.5) is 0 Å². The first-order valence-corrected chi connectivity index (χ1v) is 8.30. The molecule has 0 aliphatic heterocycles. The summed E-state index contributed by atoms with van der Waals surface area (Å²) in [7, 11) is -3.52. The first-order valence-electron chi connectivity index (χ1n) is 6.75. The Balaban J connectivity index is 1.94. The van der Waals surface area contributed by atoms with Crippen LogP contribution >= 0.6 is 0 Å². The van der Waals surface area contributed by atoms with Gasteiger partial charge in [0.2, 0.25) is 10.0 Å². The number of hydrogen-bond donors (Lipinski definition) is 2. The molecule has 1 atom stereocenters. The highest BCUT2D eigenvalue weighted by molar-refractivity contribution is 7.92. The molecular weight excluding hydrogens is 274 g/mol. The monoisotopic (exact) mass is 295 g/mol. The summed E-state index contributed by atoms with van der Waals surface area (Å²) < 4.78 is 26.1. The molecule has 5 heteroatoms. The van der Waals surface area contributed by atoms with Gasteiger partial charge in [-0.2, -0.15) is 0 Å². The number of nitrogens with one attached hydrogen (secondary N) is 1. The van der Waals surface area contributed by atoms with Crippen molar-refractivity contribution < 1.29 is 13.5 Å². The topological polar surface area (TPSA) is 66.4 Å². The van der Waals surface area contributed by atoms with Gasteiger partial charge in [0.1, 0.15) is 0 Å². The lowest BCUT2D eigenvalue weighted by Gasteiger charge is -2.22. The Labute approximate surface area is 120 Å². The average Bonchev–Trinajstić information content (AvgIpc) is 3.21. The van der Waals surface area contributed by atoms with Crippen LogP contribution in [0.3, 0.4) is 0 Å². The molecule has 1 aromatic rings. The molecule has 1 aliphatic rings. The predicted molar refractivity (Wildman–Crippen MR) is 80.5 cm³/mol. The largest absolute Gasteiger partial charge is 0.389 e. The fourth-order valence-corrected chi connectivity index (χ4v) is 2.92. The fourth-order valence-electron chi connectivity index (χ4n) is 1.99. The maximum Gasteiger partial charge on any atom is 0.233 e. The number of benzene rings is 1. The molecule has 20 heavy (non-hydrogen) atoms. The van der Waals surface area contributed by atoms with E-state index in [2.05, 4.69) is 4.72 Å². The third-order valence-corrected chi connectivity index (χ3v) is 4.65. The molecule has 4 nitrogen and oxygen atoms in total. The lowest BCUT2D eigenvalue weighted by atomic mass is 10.0. The van der Waals surface area contributed by atoms with Crippen LogP contribution in [-0.4, -0.2) is 25.7 Å². The molecule has 0 unspecified atom stereocenters. The Bertz CT molecular complexity index is 584. The summed E-state index contributed by atoms with van der Waals surface area (Å²) in [5, 5.41) is 11.2. The van der Waals surface area contributed by atoms with E-state index in [1.54, 1.807) is 13.0 Å². The fraction of sp³-hybridized carbons (Fsp3) is 0.467. The minimum atomic E-state index is -3.52. The van der Waals surface area contributed by atoms with Gasteiger partial charge in [0.05, 0.1) is 5.60 Å². The van der Waals surface area contributed by atoms with Gasteiger partial charge in [-0.1, -0.05) is 29.8 Å². The Morgan fingerprint density at radius 1 is 1.35 bits per heavy atom. The third kappa shape index (κ3) is 4.44. The van der Waals surface area contributed by atoms with E-state index < -0.39 is 15.6 Å². The van der Waals surface area contributed by atoms with Gasteiger partial charge in [0.15, 0.2) is 0 Å². The molecule has 1 saturated carbocycles. The van der Waals surface area contributed by atoms with Crippen molar-refractivity contribution in [3.63, 3.8) is 0 Å². The summed E-state index contributed by atoms with van der Waals surface area (Å²) in [6.45, 7) is 3.71. The average molecular weight is 295 g/mol. The standard InChI is InChI=1S/C15H21NO3S/c1-12-3-5-13(6-4-12)9-10-20(18,19)16-11-15(2,17)14-7-8-14/h3-6,9-10,14,16-17H,7-8,11H2,1-2H3/b10-9+/t15-/m0/s1. The lowest BCUT2D eigenvalue weighted by Crippen LogP contribution is -2.41. The molecule has 2 rings (SSSR count). The maximum atomic E-state index is 11.9. The molecule has 1 aliphatic carbocycles. The van der Waals surface area contributed by atoms with Gasteiger partial charge in [0.25, 0.3) is 0 Å². The van der Waals surface area contributed by atoms with Crippen molar-refractivity contribution in [2.45, 2.75) is 32.3 Å². The molecule has 110 valence electrons. The second-order valence-corrected chi connectivity index (χ2v) is 7.36. The van der Waals surface area contributed by atoms with E-state index in [-0.39, 0.29) is 12.5 Å². The highest BCUT2D eigenvalue weighted by Crippen LogP contribution is 2.39. The van der Waals surface area contributed by atoms with Crippen molar-refractivity contribution in [2.75, 3.05) is 6.54 Å². The number of rotatable bonds is 6. The van der Waals surface area contributed by atoms with E-state index in [0.29, 0.717) is 0 Å². The summed E-state index contributed by atoms with van der Waals surface area (Å²) in [5.74, 6) is 0.214. The van der Waals surface area contributed by atoms with Gasteiger partial charge < -0.3 is 5.11 Å².